The van der Waals surface area contributed by atoms with Crippen LogP contribution in [0.5, 0.6) is 0 Å². The molecule has 1 N–H and O–H groups in total. The molecule has 0 aliphatic heterocycles. The summed E-state index contributed by atoms with van der Waals surface area (Å²) in [6.07, 6.45) is 0. The summed E-state index contributed by atoms with van der Waals surface area (Å²) >= 11 is 3.62. The second-order valence-corrected chi connectivity index (χ2v) is 4.96. The molecule has 0 aliphatic carbocycles. The summed E-state index contributed by atoms with van der Waals surface area (Å²) in [5.41, 5.74) is 2.32. The van der Waals surface area contributed by atoms with Gasteiger partial charge in [-0.15, -0.1) is 0 Å². The smallest absolute Gasteiger partial charge is 0.112 e. The zero-order valence-electron chi connectivity index (χ0n) is 9.79. The van der Waals surface area contributed by atoms with Crippen LogP contribution in [-0.2, 0) is 6.54 Å². The SMILES string of the molecule is CNCc1ccc2nn(C(C)C)c(Br)c2c1. The van der Waals surface area contributed by atoms with Crippen LogP contribution in [0, 0.1) is 0 Å². The largest absolute Gasteiger partial charge is 0.316 e. The minimum atomic E-state index is 0.370. The van der Waals surface area contributed by atoms with Crippen LogP contribution >= 0.6 is 15.9 Å². The van der Waals surface area contributed by atoms with Crippen molar-refractivity contribution in [3.8, 4) is 0 Å². The molecule has 1 heterocycles. The maximum Gasteiger partial charge on any atom is 0.112 e. The van der Waals surface area contributed by atoms with Crippen LogP contribution in [-0.4, -0.2) is 16.8 Å². The van der Waals surface area contributed by atoms with Crippen LogP contribution in [0.25, 0.3) is 10.9 Å². The van der Waals surface area contributed by atoms with Crippen LogP contribution in [0.15, 0.2) is 22.8 Å². The Morgan fingerprint density at radius 1 is 1.44 bits per heavy atom. The molecule has 2 aromatic rings. The molecule has 0 radical (unpaired) electrons. The summed E-state index contributed by atoms with van der Waals surface area (Å²) in [4.78, 5) is 0. The molecule has 0 bridgehead atoms. The van der Waals surface area contributed by atoms with Gasteiger partial charge >= 0.3 is 0 Å². The van der Waals surface area contributed by atoms with Gasteiger partial charge in [0, 0.05) is 18.0 Å². The lowest BCUT2D eigenvalue weighted by Gasteiger charge is -2.05. The van der Waals surface area contributed by atoms with Crippen molar-refractivity contribution in [2.45, 2.75) is 26.4 Å². The van der Waals surface area contributed by atoms with Gasteiger partial charge in [0.15, 0.2) is 0 Å². The Labute approximate surface area is 104 Å². The standard InChI is InChI=1S/C12H16BrN3/c1-8(2)16-12(13)10-6-9(7-14-3)4-5-11(10)15-16/h4-6,8,14H,7H2,1-3H3. The van der Waals surface area contributed by atoms with Crippen LogP contribution in [0.3, 0.4) is 0 Å². The highest BCUT2D eigenvalue weighted by molar-refractivity contribution is 9.10. The van der Waals surface area contributed by atoms with Crippen molar-refractivity contribution in [1.29, 1.82) is 0 Å². The van der Waals surface area contributed by atoms with Crippen molar-refractivity contribution in [3.05, 3.63) is 28.4 Å². The number of hydrogen-bond acceptors (Lipinski definition) is 2. The predicted octanol–water partition coefficient (Wildman–Crippen LogP) is 3.10. The van der Waals surface area contributed by atoms with E-state index in [1.807, 2.05) is 11.7 Å². The maximum absolute atomic E-state index is 4.56. The number of aromatic nitrogens is 2. The average molecular weight is 282 g/mol. The fourth-order valence-electron chi connectivity index (χ4n) is 1.78. The third kappa shape index (κ3) is 1.99. The molecule has 3 nitrogen and oxygen atoms in total. The molecule has 0 amide bonds. The van der Waals surface area contributed by atoms with Crippen LogP contribution < -0.4 is 5.32 Å². The molecule has 0 saturated heterocycles. The fourth-order valence-corrected chi connectivity index (χ4v) is 2.58. The van der Waals surface area contributed by atoms with E-state index in [2.05, 4.69) is 58.4 Å². The van der Waals surface area contributed by atoms with Gasteiger partial charge in [-0.3, -0.25) is 4.68 Å². The number of halogens is 1. The summed E-state index contributed by atoms with van der Waals surface area (Å²) in [5.74, 6) is 0. The van der Waals surface area contributed by atoms with Gasteiger partial charge < -0.3 is 5.32 Å². The van der Waals surface area contributed by atoms with E-state index in [1.165, 1.54) is 10.9 Å². The molecule has 16 heavy (non-hydrogen) atoms. The molecule has 0 unspecified atom stereocenters. The molecule has 0 atom stereocenters. The maximum atomic E-state index is 4.56. The topological polar surface area (TPSA) is 29.9 Å². The molecule has 86 valence electrons. The first-order chi connectivity index (χ1) is 7.63. The molecule has 2 rings (SSSR count). The molecule has 0 aliphatic rings. The van der Waals surface area contributed by atoms with Gasteiger partial charge in [0.2, 0.25) is 0 Å². The number of nitrogens with one attached hydrogen (secondary N) is 1. The molecule has 0 saturated carbocycles. The van der Waals surface area contributed by atoms with Gasteiger partial charge in [0.05, 0.1) is 5.52 Å². The zero-order valence-corrected chi connectivity index (χ0v) is 11.4. The molecule has 0 fully saturated rings. The normalized spacial score (nSPS) is 11.6. The third-order valence-electron chi connectivity index (χ3n) is 2.57. The van der Waals surface area contributed by atoms with Crippen molar-refractivity contribution in [3.63, 3.8) is 0 Å². The molecular weight excluding hydrogens is 266 g/mol. The lowest BCUT2D eigenvalue weighted by atomic mass is 10.1. The lowest BCUT2D eigenvalue weighted by molar-refractivity contribution is 0.527. The molecule has 1 aromatic carbocycles. The Morgan fingerprint density at radius 2 is 2.19 bits per heavy atom. The van der Waals surface area contributed by atoms with Gasteiger partial charge in [0.1, 0.15) is 4.60 Å². The Hall–Kier alpha value is -0.870. The van der Waals surface area contributed by atoms with Gasteiger partial charge in [-0.05, 0) is 54.5 Å². The van der Waals surface area contributed by atoms with Crippen molar-refractivity contribution in [1.82, 2.24) is 15.1 Å². The van der Waals surface area contributed by atoms with Gasteiger partial charge in [-0.25, -0.2) is 0 Å². The van der Waals surface area contributed by atoms with Crippen molar-refractivity contribution in [2.75, 3.05) is 7.05 Å². The van der Waals surface area contributed by atoms with Crippen LogP contribution in [0.4, 0.5) is 0 Å². The molecular formula is C12H16BrN3. The third-order valence-corrected chi connectivity index (χ3v) is 3.36. The Balaban J connectivity index is 2.55. The number of benzene rings is 1. The quantitative estimate of drug-likeness (QED) is 0.937. The predicted molar refractivity (Wildman–Crippen MR) is 70.6 cm³/mol. The number of nitrogens with zero attached hydrogens (tertiary/aromatic N) is 2. The number of fused-ring (bicyclic) bond motifs is 1. The first-order valence-electron chi connectivity index (χ1n) is 5.44. The minimum Gasteiger partial charge on any atom is -0.316 e. The second kappa shape index (κ2) is 4.55. The van der Waals surface area contributed by atoms with E-state index in [9.17, 15) is 0 Å². The summed E-state index contributed by atoms with van der Waals surface area (Å²) in [7, 11) is 1.96. The summed E-state index contributed by atoms with van der Waals surface area (Å²) in [5, 5.41) is 8.90. The first kappa shape index (κ1) is 11.6. The van der Waals surface area contributed by atoms with E-state index in [-0.39, 0.29) is 0 Å². The monoisotopic (exact) mass is 281 g/mol. The average Bonchev–Trinajstić information content (AvgIpc) is 2.57. The van der Waals surface area contributed by atoms with Gasteiger partial charge in [-0.2, -0.15) is 5.10 Å². The van der Waals surface area contributed by atoms with E-state index in [1.54, 1.807) is 0 Å². The zero-order chi connectivity index (χ0) is 11.7. The van der Waals surface area contributed by atoms with Crippen molar-refractivity contribution >= 4 is 26.8 Å². The van der Waals surface area contributed by atoms with E-state index < -0.39 is 0 Å². The summed E-state index contributed by atoms with van der Waals surface area (Å²) < 4.78 is 3.07. The first-order valence-corrected chi connectivity index (χ1v) is 6.24. The second-order valence-electron chi connectivity index (χ2n) is 4.21. The Bertz CT molecular complexity index is 502. The van der Waals surface area contributed by atoms with Crippen LogP contribution in [0.1, 0.15) is 25.5 Å². The lowest BCUT2D eigenvalue weighted by Crippen LogP contribution is -2.04. The Morgan fingerprint density at radius 3 is 2.81 bits per heavy atom. The molecule has 0 spiro atoms. The van der Waals surface area contributed by atoms with Crippen molar-refractivity contribution in [2.24, 2.45) is 0 Å². The highest BCUT2D eigenvalue weighted by Crippen LogP contribution is 2.27. The number of rotatable bonds is 3. The van der Waals surface area contributed by atoms with E-state index in [0.717, 1.165) is 16.7 Å². The van der Waals surface area contributed by atoms with E-state index in [4.69, 9.17) is 0 Å². The van der Waals surface area contributed by atoms with Crippen LogP contribution in [0.2, 0.25) is 0 Å². The minimum absolute atomic E-state index is 0.370. The highest BCUT2D eigenvalue weighted by Gasteiger charge is 2.11. The van der Waals surface area contributed by atoms with E-state index >= 15 is 0 Å². The van der Waals surface area contributed by atoms with Crippen molar-refractivity contribution < 1.29 is 0 Å². The number of hydrogen-bond donors (Lipinski definition) is 1. The highest BCUT2D eigenvalue weighted by atomic mass is 79.9. The van der Waals surface area contributed by atoms with E-state index in [0.29, 0.717) is 6.04 Å². The summed E-state index contributed by atoms with van der Waals surface area (Å²) in [6.45, 7) is 5.14. The summed E-state index contributed by atoms with van der Waals surface area (Å²) in [6, 6.07) is 6.74. The molecule has 4 heteroatoms. The fraction of sp³-hybridized carbons (Fsp3) is 0.417. The molecule has 1 aromatic heterocycles. The van der Waals surface area contributed by atoms with Gasteiger partial charge in [0.25, 0.3) is 0 Å². The van der Waals surface area contributed by atoms with Gasteiger partial charge in [-0.1, -0.05) is 6.07 Å². The Kier molecular flexibility index (Phi) is 3.30.